The number of aromatic hydroxyl groups is 4. The Morgan fingerprint density at radius 1 is 0.615 bits per heavy atom. The van der Waals surface area contributed by atoms with Gasteiger partial charge in [-0.3, -0.25) is 24.0 Å². The fourth-order valence-corrected chi connectivity index (χ4v) is 6.13. The molecule has 0 saturated heterocycles. The molecule has 0 heterocycles. The van der Waals surface area contributed by atoms with Crippen LogP contribution in [0.1, 0.15) is 60.3 Å². The average molecular weight is 889 g/mol. The Hall–Kier alpha value is -9.25. The topological polar surface area (TPSA) is 315 Å². The number of carbonyl (C=O) groups is 6. The molecule has 0 aromatic heterocycles. The van der Waals surface area contributed by atoms with E-state index in [-0.39, 0.29) is 68.0 Å². The summed E-state index contributed by atoms with van der Waals surface area (Å²) in [5, 5.41) is 72.9. The molecule has 0 aliphatic rings. The highest BCUT2D eigenvalue weighted by atomic mass is 16.5. The van der Waals surface area contributed by atoms with Gasteiger partial charge in [0.25, 0.3) is 23.6 Å². The number of benzene rings is 5. The van der Waals surface area contributed by atoms with Gasteiger partial charge in [-0.15, -0.1) is 0 Å². The van der Waals surface area contributed by atoms with E-state index in [1.165, 1.54) is 80.9 Å². The quantitative estimate of drug-likeness (QED) is 0.0552. The fourth-order valence-electron chi connectivity index (χ4n) is 6.13. The summed E-state index contributed by atoms with van der Waals surface area (Å²) in [5.74, 6) is -8.27. The van der Waals surface area contributed by atoms with Crippen molar-refractivity contribution in [2.75, 3.05) is 42.6 Å². The van der Waals surface area contributed by atoms with E-state index in [0.717, 1.165) is 13.2 Å². The first-order valence-corrected chi connectivity index (χ1v) is 18.9. The summed E-state index contributed by atoms with van der Waals surface area (Å²) >= 11 is 0. The second-order valence-corrected chi connectivity index (χ2v) is 13.7. The van der Waals surface area contributed by atoms with Crippen LogP contribution in [0.15, 0.2) is 90.5 Å². The standard InChI is InChI=1S/C45H40N6O14/c1-22(21-23-5-11-26(52)12-6-23)40(56)48-30-16-13-28(35(54)37(30)63-2)43(59)51-33(19-20-46)44(60)47-25-9-7-24(8-10-25)41(57)49-31-17-14-27(34(53)38(31)64-3)42(58)50-32-18-15-29(45(61)62)36(55)39(32)65-4/h5-18,21,33,52-55H,19H2,1-4H3,(H,47,60)(H,48,56)(H,49,57)(H,50,58)(H,51,59)(H,61,62)/b22-21+. The second kappa shape index (κ2) is 20.5. The summed E-state index contributed by atoms with van der Waals surface area (Å²) in [7, 11) is 3.53. The van der Waals surface area contributed by atoms with E-state index >= 15 is 0 Å². The number of hydrogen-bond donors (Lipinski definition) is 10. The van der Waals surface area contributed by atoms with Crippen molar-refractivity contribution in [1.82, 2.24) is 5.32 Å². The first-order valence-electron chi connectivity index (χ1n) is 18.9. The fraction of sp³-hybridized carbons (Fsp3) is 0.133. The number of methoxy groups -OCH3 is 3. The van der Waals surface area contributed by atoms with E-state index in [2.05, 4.69) is 26.6 Å². The molecule has 0 fully saturated rings. The molecular formula is C45H40N6O14. The molecule has 10 N–H and O–H groups in total. The van der Waals surface area contributed by atoms with Gasteiger partial charge in [0, 0.05) is 16.8 Å². The van der Waals surface area contributed by atoms with Crippen LogP contribution < -0.4 is 40.8 Å². The molecule has 1 atom stereocenters. The molecular weight excluding hydrogens is 849 g/mol. The van der Waals surface area contributed by atoms with Crippen LogP contribution in [0.4, 0.5) is 22.7 Å². The molecule has 20 nitrogen and oxygen atoms in total. The lowest BCUT2D eigenvalue weighted by Crippen LogP contribution is -2.43. The summed E-state index contributed by atoms with van der Waals surface area (Å²) in [4.78, 5) is 77.3. The molecule has 20 heteroatoms. The normalized spacial score (nSPS) is 11.2. The van der Waals surface area contributed by atoms with Crippen LogP contribution in [0.3, 0.4) is 0 Å². The number of nitrogens with one attached hydrogen (secondary N) is 5. The number of ether oxygens (including phenoxy) is 3. The predicted molar refractivity (Wildman–Crippen MR) is 234 cm³/mol. The van der Waals surface area contributed by atoms with Crippen LogP contribution in [0, 0.1) is 11.3 Å². The molecule has 65 heavy (non-hydrogen) atoms. The number of nitrogens with zero attached hydrogens (tertiary/aromatic N) is 1. The van der Waals surface area contributed by atoms with Gasteiger partial charge >= 0.3 is 5.97 Å². The van der Waals surface area contributed by atoms with Crippen molar-refractivity contribution in [3.05, 3.63) is 118 Å². The van der Waals surface area contributed by atoms with Crippen molar-refractivity contribution < 1.29 is 68.5 Å². The highest BCUT2D eigenvalue weighted by Gasteiger charge is 2.27. The molecule has 0 saturated carbocycles. The molecule has 5 rings (SSSR count). The van der Waals surface area contributed by atoms with Crippen molar-refractivity contribution in [3.63, 3.8) is 0 Å². The Morgan fingerprint density at radius 2 is 1.09 bits per heavy atom. The van der Waals surface area contributed by atoms with Crippen LogP contribution >= 0.6 is 0 Å². The summed E-state index contributed by atoms with van der Waals surface area (Å²) in [6.07, 6.45) is 1.08. The minimum Gasteiger partial charge on any atom is -0.508 e. The molecule has 5 aromatic carbocycles. The van der Waals surface area contributed by atoms with Gasteiger partial charge in [0.05, 0.1) is 62.0 Å². The third-order valence-electron chi connectivity index (χ3n) is 9.44. The number of nitriles is 1. The van der Waals surface area contributed by atoms with Gasteiger partial charge in [-0.05, 0) is 91.4 Å². The van der Waals surface area contributed by atoms with E-state index in [4.69, 9.17) is 14.2 Å². The number of carbonyl (C=O) groups excluding carboxylic acids is 5. The summed E-state index contributed by atoms with van der Waals surface area (Å²) in [5.41, 5.74) is -0.117. The van der Waals surface area contributed by atoms with Crippen molar-refractivity contribution in [2.45, 2.75) is 19.4 Å². The van der Waals surface area contributed by atoms with Gasteiger partial charge in [0.2, 0.25) is 5.91 Å². The third-order valence-corrected chi connectivity index (χ3v) is 9.44. The number of phenols is 4. The van der Waals surface area contributed by atoms with E-state index < -0.39 is 70.8 Å². The van der Waals surface area contributed by atoms with Crippen LogP contribution in [-0.2, 0) is 9.59 Å². The van der Waals surface area contributed by atoms with Gasteiger partial charge in [-0.1, -0.05) is 12.1 Å². The van der Waals surface area contributed by atoms with Crippen molar-refractivity contribution >= 4 is 64.3 Å². The van der Waals surface area contributed by atoms with Gasteiger partial charge in [0.15, 0.2) is 34.5 Å². The van der Waals surface area contributed by atoms with Crippen LogP contribution in [0.5, 0.6) is 40.2 Å². The van der Waals surface area contributed by atoms with Gasteiger partial charge in [0.1, 0.15) is 17.4 Å². The molecule has 0 radical (unpaired) electrons. The molecule has 334 valence electrons. The highest BCUT2D eigenvalue weighted by molar-refractivity contribution is 6.11. The first kappa shape index (κ1) is 46.8. The monoisotopic (exact) mass is 888 g/mol. The van der Waals surface area contributed by atoms with E-state index in [1.54, 1.807) is 25.1 Å². The van der Waals surface area contributed by atoms with Gasteiger partial charge in [-0.25, -0.2) is 4.79 Å². The van der Waals surface area contributed by atoms with Gasteiger partial charge < -0.3 is 66.3 Å². The third kappa shape index (κ3) is 10.8. The first-order chi connectivity index (χ1) is 31.0. The number of phenolic OH excluding ortho intramolecular Hbond substituents is 3. The molecule has 5 amide bonds. The summed E-state index contributed by atoms with van der Waals surface area (Å²) in [6, 6.07) is 19.1. The Bertz CT molecular complexity index is 2760. The van der Waals surface area contributed by atoms with E-state index in [1.807, 2.05) is 6.07 Å². The molecule has 0 bridgehead atoms. The second-order valence-electron chi connectivity index (χ2n) is 13.7. The van der Waals surface area contributed by atoms with Crippen molar-refractivity contribution in [2.24, 2.45) is 0 Å². The van der Waals surface area contributed by atoms with Crippen LogP contribution in [0.2, 0.25) is 0 Å². The lowest BCUT2D eigenvalue weighted by molar-refractivity contribution is -0.118. The number of anilines is 4. The number of hydrogen-bond acceptors (Lipinski definition) is 14. The van der Waals surface area contributed by atoms with Crippen LogP contribution in [0.25, 0.3) is 6.08 Å². The molecule has 1 unspecified atom stereocenters. The Labute approximate surface area is 369 Å². The lowest BCUT2D eigenvalue weighted by atomic mass is 10.1. The number of carboxylic acid groups (broad SMARTS) is 1. The van der Waals surface area contributed by atoms with Gasteiger partial charge in [-0.2, -0.15) is 5.26 Å². The highest BCUT2D eigenvalue weighted by Crippen LogP contribution is 2.41. The smallest absolute Gasteiger partial charge is 0.339 e. The van der Waals surface area contributed by atoms with Crippen LogP contribution in [-0.4, -0.2) is 88.4 Å². The zero-order chi connectivity index (χ0) is 47.5. The maximum atomic E-state index is 13.3. The SMILES string of the molecule is COc1c(NC(=O)c2ccc(NC(=O)c3ccc(NC(=O)C(CC#N)NC(=O)c4ccc(NC(=O)/C(C)=C/c5ccc(O)cc5)c(OC)c4O)cc3)c(OC)c2O)ccc(C(=O)O)c1O. The molecule has 0 spiro atoms. The molecule has 5 aromatic rings. The lowest BCUT2D eigenvalue weighted by Gasteiger charge is -2.18. The number of aromatic carboxylic acids is 1. The van der Waals surface area contributed by atoms with Crippen molar-refractivity contribution in [3.8, 4) is 46.3 Å². The number of carboxylic acids is 1. The van der Waals surface area contributed by atoms with Crippen molar-refractivity contribution in [1.29, 1.82) is 5.26 Å². The summed E-state index contributed by atoms with van der Waals surface area (Å²) in [6.45, 7) is 1.55. The van der Waals surface area contributed by atoms with E-state index in [9.17, 15) is 59.6 Å². The minimum absolute atomic E-state index is 0.0262. The zero-order valence-corrected chi connectivity index (χ0v) is 34.8. The molecule has 0 aliphatic heterocycles. The van der Waals surface area contributed by atoms with E-state index in [0.29, 0.717) is 5.56 Å². The summed E-state index contributed by atoms with van der Waals surface area (Å²) < 4.78 is 15.6. The maximum absolute atomic E-state index is 13.3. The Morgan fingerprint density at radius 3 is 1.60 bits per heavy atom. The zero-order valence-electron chi connectivity index (χ0n) is 34.8. The number of amides is 5. The Balaban J connectivity index is 1.23. The molecule has 0 aliphatic carbocycles. The number of rotatable bonds is 16. The largest absolute Gasteiger partial charge is 0.508 e. The maximum Gasteiger partial charge on any atom is 0.339 e. The Kier molecular flexibility index (Phi) is 14.8. The minimum atomic E-state index is -1.44. The predicted octanol–water partition coefficient (Wildman–Crippen LogP) is 5.43. The average Bonchev–Trinajstić information content (AvgIpc) is 3.27.